The van der Waals surface area contributed by atoms with Gasteiger partial charge in [0, 0.05) is 11.6 Å². The molecule has 2 atom stereocenters. The van der Waals surface area contributed by atoms with Gasteiger partial charge in [0.2, 0.25) is 5.90 Å². The van der Waals surface area contributed by atoms with Crippen LogP contribution in [-0.4, -0.2) is 23.7 Å². The van der Waals surface area contributed by atoms with Gasteiger partial charge in [-0.05, 0) is 49.8 Å². The number of fused-ring (bicyclic) bond motifs is 1. The van der Waals surface area contributed by atoms with Gasteiger partial charge in [0.15, 0.2) is 0 Å². The lowest BCUT2D eigenvalue weighted by molar-refractivity contribution is -0.130. The topological polar surface area (TPSA) is 57.1 Å². The molecule has 0 radical (unpaired) electrons. The lowest BCUT2D eigenvalue weighted by atomic mass is 9.71. The smallest absolute Gasteiger partial charge is 0.203 e. The SMILES string of the molecule is N=C1OC2(CCCCCCCC2)C2(CCN2)NC1c1cccc(Cl)c1. The molecule has 2 heterocycles. The van der Waals surface area contributed by atoms with Crippen LogP contribution in [0.2, 0.25) is 5.02 Å². The van der Waals surface area contributed by atoms with E-state index in [0.29, 0.717) is 10.9 Å². The second-order valence-electron chi connectivity index (χ2n) is 7.80. The molecule has 1 aliphatic carbocycles. The standard InChI is InChI=1S/C20H28ClN3O/c21-16-9-7-8-15(14-16)17-18(22)25-19(20(24-17)12-13-23-20)10-5-3-1-2-4-6-11-19/h7-9,14,17,22-24H,1-6,10-13H2. The molecule has 2 saturated heterocycles. The first-order valence-electron chi connectivity index (χ1n) is 9.70. The zero-order chi connectivity index (χ0) is 17.3. The van der Waals surface area contributed by atoms with Gasteiger partial charge in [0.1, 0.15) is 17.3 Å². The molecule has 0 bridgehead atoms. The van der Waals surface area contributed by atoms with E-state index in [-0.39, 0.29) is 17.3 Å². The molecule has 0 amide bonds. The molecule has 5 heteroatoms. The number of nitrogens with one attached hydrogen (secondary N) is 3. The summed E-state index contributed by atoms with van der Waals surface area (Å²) in [5.74, 6) is 0.334. The molecule has 3 fully saturated rings. The minimum Gasteiger partial charge on any atom is -0.470 e. The molecule has 3 N–H and O–H groups in total. The fraction of sp³-hybridized carbons (Fsp3) is 0.650. The Morgan fingerprint density at radius 1 is 1.04 bits per heavy atom. The summed E-state index contributed by atoms with van der Waals surface area (Å²) in [5, 5.41) is 16.7. The van der Waals surface area contributed by atoms with Gasteiger partial charge in [-0.15, -0.1) is 0 Å². The van der Waals surface area contributed by atoms with Gasteiger partial charge in [-0.3, -0.25) is 16.0 Å². The summed E-state index contributed by atoms with van der Waals surface area (Å²) >= 11 is 6.18. The Balaban J connectivity index is 1.64. The van der Waals surface area contributed by atoms with Gasteiger partial charge in [0.05, 0.1) is 0 Å². The van der Waals surface area contributed by atoms with Crippen LogP contribution in [-0.2, 0) is 4.74 Å². The average molecular weight is 362 g/mol. The number of rotatable bonds is 1. The van der Waals surface area contributed by atoms with Gasteiger partial charge in [0.25, 0.3) is 0 Å². The molecular formula is C20H28ClN3O. The van der Waals surface area contributed by atoms with E-state index in [0.717, 1.165) is 31.4 Å². The summed E-state index contributed by atoms with van der Waals surface area (Å²) < 4.78 is 6.49. The molecule has 1 saturated carbocycles. The van der Waals surface area contributed by atoms with Crippen LogP contribution >= 0.6 is 11.6 Å². The highest BCUT2D eigenvalue weighted by Gasteiger charge is 2.60. The first-order chi connectivity index (χ1) is 12.1. The Labute approximate surface area is 155 Å². The molecule has 2 unspecified atom stereocenters. The normalized spacial score (nSPS) is 32.4. The molecule has 0 aromatic heterocycles. The second kappa shape index (κ2) is 6.90. The molecule has 2 spiro atoms. The zero-order valence-electron chi connectivity index (χ0n) is 14.7. The highest BCUT2D eigenvalue weighted by Crippen LogP contribution is 2.46. The number of morpholine rings is 1. The predicted octanol–water partition coefficient (Wildman–Crippen LogP) is 4.54. The summed E-state index contributed by atoms with van der Waals surface area (Å²) in [6, 6.07) is 7.54. The molecular weight excluding hydrogens is 334 g/mol. The fourth-order valence-electron chi connectivity index (χ4n) is 4.79. The molecule has 1 aromatic rings. The van der Waals surface area contributed by atoms with E-state index in [1.165, 1.54) is 38.5 Å². The number of benzene rings is 1. The summed E-state index contributed by atoms with van der Waals surface area (Å²) in [6.45, 7) is 1.01. The van der Waals surface area contributed by atoms with E-state index in [2.05, 4.69) is 10.6 Å². The van der Waals surface area contributed by atoms with Crippen molar-refractivity contribution >= 4 is 17.5 Å². The van der Waals surface area contributed by atoms with E-state index in [1.807, 2.05) is 24.3 Å². The zero-order valence-corrected chi connectivity index (χ0v) is 15.5. The van der Waals surface area contributed by atoms with Crippen molar-refractivity contribution < 1.29 is 4.74 Å². The van der Waals surface area contributed by atoms with Gasteiger partial charge in [-0.2, -0.15) is 0 Å². The van der Waals surface area contributed by atoms with Crippen LogP contribution in [0.5, 0.6) is 0 Å². The maximum Gasteiger partial charge on any atom is 0.203 e. The fourth-order valence-corrected chi connectivity index (χ4v) is 4.99. The summed E-state index contributed by atoms with van der Waals surface area (Å²) in [6.07, 6.45) is 10.7. The molecule has 1 aromatic carbocycles. The van der Waals surface area contributed by atoms with E-state index in [9.17, 15) is 0 Å². The van der Waals surface area contributed by atoms with Gasteiger partial charge >= 0.3 is 0 Å². The van der Waals surface area contributed by atoms with Crippen LogP contribution in [0.4, 0.5) is 0 Å². The molecule has 4 rings (SSSR count). The number of halogens is 1. The van der Waals surface area contributed by atoms with E-state index >= 15 is 0 Å². The Kier molecular flexibility index (Phi) is 4.78. The van der Waals surface area contributed by atoms with Crippen LogP contribution < -0.4 is 10.6 Å². The maximum atomic E-state index is 8.62. The maximum absolute atomic E-state index is 8.62. The Morgan fingerprint density at radius 2 is 1.72 bits per heavy atom. The number of ether oxygens (including phenoxy) is 1. The largest absolute Gasteiger partial charge is 0.470 e. The Hall–Kier alpha value is -1.10. The first-order valence-corrected chi connectivity index (χ1v) is 10.1. The number of hydrogen-bond acceptors (Lipinski definition) is 4. The van der Waals surface area contributed by atoms with Crippen molar-refractivity contribution in [2.24, 2.45) is 0 Å². The van der Waals surface area contributed by atoms with Crippen molar-refractivity contribution in [3.8, 4) is 0 Å². The summed E-state index contributed by atoms with van der Waals surface area (Å²) in [7, 11) is 0. The Morgan fingerprint density at radius 3 is 2.32 bits per heavy atom. The third-order valence-corrected chi connectivity index (χ3v) is 6.49. The van der Waals surface area contributed by atoms with E-state index in [4.69, 9.17) is 21.7 Å². The van der Waals surface area contributed by atoms with Crippen molar-refractivity contribution in [2.45, 2.75) is 75.1 Å². The monoisotopic (exact) mass is 361 g/mol. The lowest BCUT2D eigenvalue weighted by Gasteiger charge is -2.61. The summed E-state index contributed by atoms with van der Waals surface area (Å²) in [4.78, 5) is 0. The van der Waals surface area contributed by atoms with Gasteiger partial charge in [-0.1, -0.05) is 49.4 Å². The molecule has 25 heavy (non-hydrogen) atoms. The minimum absolute atomic E-state index is 0.213. The quantitative estimate of drug-likeness (QED) is 0.688. The molecule has 2 aliphatic heterocycles. The predicted molar refractivity (Wildman–Crippen MR) is 101 cm³/mol. The lowest BCUT2D eigenvalue weighted by Crippen LogP contribution is -2.81. The van der Waals surface area contributed by atoms with Crippen molar-refractivity contribution in [3.63, 3.8) is 0 Å². The van der Waals surface area contributed by atoms with Crippen LogP contribution in [0.15, 0.2) is 24.3 Å². The van der Waals surface area contributed by atoms with Gasteiger partial charge in [-0.25, -0.2) is 0 Å². The van der Waals surface area contributed by atoms with Crippen LogP contribution in [0.1, 0.15) is 69.4 Å². The average Bonchev–Trinajstić information content (AvgIpc) is 2.67. The Bertz CT molecular complexity index is 634. The molecule has 4 nitrogen and oxygen atoms in total. The third-order valence-electron chi connectivity index (χ3n) is 6.26. The highest BCUT2D eigenvalue weighted by atomic mass is 35.5. The third kappa shape index (κ3) is 3.09. The molecule has 136 valence electrons. The van der Waals surface area contributed by atoms with Crippen LogP contribution in [0.25, 0.3) is 0 Å². The first kappa shape index (κ1) is 17.3. The van der Waals surface area contributed by atoms with Crippen LogP contribution in [0, 0.1) is 5.41 Å². The van der Waals surface area contributed by atoms with E-state index < -0.39 is 0 Å². The molecule has 3 aliphatic rings. The number of hydrogen-bond donors (Lipinski definition) is 3. The van der Waals surface area contributed by atoms with Crippen molar-refractivity contribution in [1.82, 2.24) is 10.6 Å². The van der Waals surface area contributed by atoms with Crippen molar-refractivity contribution in [3.05, 3.63) is 34.9 Å². The highest BCUT2D eigenvalue weighted by molar-refractivity contribution is 6.30. The van der Waals surface area contributed by atoms with E-state index in [1.54, 1.807) is 0 Å². The van der Waals surface area contributed by atoms with Crippen LogP contribution in [0.3, 0.4) is 0 Å². The minimum atomic E-state index is -0.290. The second-order valence-corrected chi connectivity index (χ2v) is 8.23. The summed E-state index contributed by atoms with van der Waals surface area (Å²) in [5.41, 5.74) is 0.500. The van der Waals surface area contributed by atoms with Crippen molar-refractivity contribution in [1.29, 1.82) is 5.41 Å². The van der Waals surface area contributed by atoms with Gasteiger partial charge < -0.3 is 4.74 Å². The van der Waals surface area contributed by atoms with Crippen molar-refractivity contribution in [2.75, 3.05) is 6.54 Å².